The van der Waals surface area contributed by atoms with Crippen LogP contribution in [0.1, 0.15) is 37.7 Å². The van der Waals surface area contributed by atoms with Gasteiger partial charge in [-0.3, -0.25) is 4.79 Å². The highest BCUT2D eigenvalue weighted by molar-refractivity contribution is 5.86. The molecule has 120 valence electrons. The van der Waals surface area contributed by atoms with E-state index in [1.165, 1.54) is 18.4 Å². The number of nitrogens with one attached hydrogen (secondary N) is 1. The first-order valence-corrected chi connectivity index (χ1v) is 8.35. The summed E-state index contributed by atoms with van der Waals surface area (Å²) < 4.78 is 0. The number of likely N-dealkylation sites (tertiary alicyclic amines) is 1. The summed E-state index contributed by atoms with van der Waals surface area (Å²) in [4.78, 5) is 15.2. The fourth-order valence-corrected chi connectivity index (χ4v) is 4.07. The number of rotatable bonds is 3. The number of benzene rings is 1. The van der Waals surface area contributed by atoms with Gasteiger partial charge in [0.1, 0.15) is 0 Å². The quantitative estimate of drug-likeness (QED) is 0.929. The molecule has 1 aliphatic carbocycles. The molecule has 1 aromatic rings. The van der Waals surface area contributed by atoms with Gasteiger partial charge >= 0.3 is 0 Å². The lowest BCUT2D eigenvalue weighted by Crippen LogP contribution is -2.43. The van der Waals surface area contributed by atoms with E-state index in [1.54, 1.807) is 0 Å². The molecule has 2 aliphatic heterocycles. The highest BCUT2D eigenvalue weighted by Gasteiger charge is 2.52. The number of amides is 1. The average Bonchev–Trinajstić information content (AvgIpc) is 3.18. The summed E-state index contributed by atoms with van der Waals surface area (Å²) in [6.45, 7) is 1.87. The summed E-state index contributed by atoms with van der Waals surface area (Å²) in [6.07, 6.45) is 6.72. The molecule has 0 radical (unpaired) electrons. The van der Waals surface area contributed by atoms with Crippen molar-refractivity contribution in [1.82, 2.24) is 10.2 Å². The van der Waals surface area contributed by atoms with Crippen LogP contribution in [-0.4, -0.2) is 36.0 Å². The molecule has 2 unspecified atom stereocenters. The van der Waals surface area contributed by atoms with Crippen molar-refractivity contribution in [1.29, 1.82) is 0 Å². The van der Waals surface area contributed by atoms with Crippen LogP contribution in [0.3, 0.4) is 0 Å². The monoisotopic (exact) mass is 320 g/mol. The van der Waals surface area contributed by atoms with Crippen molar-refractivity contribution in [3.63, 3.8) is 0 Å². The molecule has 1 aromatic carbocycles. The molecular formula is C18H25ClN2O. The Morgan fingerprint density at radius 3 is 2.59 bits per heavy atom. The van der Waals surface area contributed by atoms with Crippen LogP contribution in [0.2, 0.25) is 0 Å². The first kappa shape index (κ1) is 15.8. The predicted octanol–water partition coefficient (Wildman–Crippen LogP) is 2.78. The van der Waals surface area contributed by atoms with Crippen molar-refractivity contribution in [2.75, 3.05) is 13.1 Å². The Balaban J connectivity index is 0.00000144. The number of nitrogens with zero attached hydrogens (tertiary/aromatic N) is 1. The molecule has 1 N–H and O–H groups in total. The number of fused-ring (bicyclic) bond motifs is 2. The molecule has 3 aliphatic rings. The van der Waals surface area contributed by atoms with E-state index >= 15 is 0 Å². The minimum absolute atomic E-state index is 0. The third kappa shape index (κ3) is 3.02. The zero-order chi connectivity index (χ0) is 14.3. The largest absolute Gasteiger partial charge is 0.341 e. The first-order chi connectivity index (χ1) is 10.3. The summed E-state index contributed by atoms with van der Waals surface area (Å²) >= 11 is 0. The molecule has 3 fully saturated rings. The predicted molar refractivity (Wildman–Crippen MR) is 90.2 cm³/mol. The standard InChI is InChI=1S/C18H24N2O.ClH/c21-17(20-11-8-15-6-7-16(13-20)19-15)18(9-10-18)12-14-4-2-1-3-5-14;/h1-5,15-16,19H,6-13H2;1H. The number of carbonyl (C=O) groups is 1. The van der Waals surface area contributed by atoms with Crippen LogP contribution in [0.25, 0.3) is 0 Å². The van der Waals surface area contributed by atoms with E-state index in [4.69, 9.17) is 0 Å². The van der Waals surface area contributed by atoms with E-state index in [2.05, 4.69) is 34.5 Å². The molecule has 0 aromatic heterocycles. The number of hydrogen-bond donors (Lipinski definition) is 1. The minimum Gasteiger partial charge on any atom is -0.341 e. The summed E-state index contributed by atoms with van der Waals surface area (Å²) in [6, 6.07) is 11.7. The Hall–Kier alpha value is -1.06. The molecule has 2 saturated heterocycles. The lowest BCUT2D eigenvalue weighted by molar-refractivity contribution is -0.137. The van der Waals surface area contributed by atoms with Crippen molar-refractivity contribution < 1.29 is 4.79 Å². The fourth-order valence-electron chi connectivity index (χ4n) is 4.07. The topological polar surface area (TPSA) is 32.3 Å². The maximum atomic E-state index is 13.0. The van der Waals surface area contributed by atoms with Gasteiger partial charge in [-0.2, -0.15) is 0 Å². The molecule has 3 nitrogen and oxygen atoms in total. The lowest BCUT2D eigenvalue weighted by Gasteiger charge is -2.28. The van der Waals surface area contributed by atoms with Crippen molar-refractivity contribution in [2.45, 2.75) is 50.6 Å². The van der Waals surface area contributed by atoms with Gasteiger partial charge in [-0.1, -0.05) is 30.3 Å². The van der Waals surface area contributed by atoms with E-state index in [0.717, 1.165) is 38.8 Å². The van der Waals surface area contributed by atoms with E-state index in [9.17, 15) is 4.79 Å². The van der Waals surface area contributed by atoms with Gasteiger partial charge < -0.3 is 10.2 Å². The maximum absolute atomic E-state index is 13.0. The normalized spacial score (nSPS) is 28.6. The molecule has 2 bridgehead atoms. The number of halogens is 1. The molecular weight excluding hydrogens is 296 g/mol. The van der Waals surface area contributed by atoms with Gasteiger partial charge in [-0.05, 0) is 44.1 Å². The van der Waals surface area contributed by atoms with Crippen molar-refractivity contribution >= 4 is 18.3 Å². The van der Waals surface area contributed by atoms with Crippen LogP contribution in [0.15, 0.2) is 30.3 Å². The third-order valence-corrected chi connectivity index (χ3v) is 5.50. The van der Waals surface area contributed by atoms with Gasteiger partial charge in [-0.15, -0.1) is 12.4 Å². The highest BCUT2D eigenvalue weighted by atomic mass is 35.5. The Bertz CT molecular complexity index is 529. The third-order valence-electron chi connectivity index (χ3n) is 5.50. The number of carbonyl (C=O) groups excluding carboxylic acids is 1. The Morgan fingerprint density at radius 1 is 1.14 bits per heavy atom. The number of hydrogen-bond acceptors (Lipinski definition) is 2. The zero-order valence-corrected chi connectivity index (χ0v) is 13.8. The molecule has 2 atom stereocenters. The zero-order valence-electron chi connectivity index (χ0n) is 13.0. The van der Waals surface area contributed by atoms with Crippen LogP contribution in [0.5, 0.6) is 0 Å². The van der Waals surface area contributed by atoms with Gasteiger partial charge in [-0.25, -0.2) is 0 Å². The molecule has 2 heterocycles. The smallest absolute Gasteiger partial charge is 0.229 e. The summed E-state index contributed by atoms with van der Waals surface area (Å²) in [5, 5.41) is 3.67. The van der Waals surface area contributed by atoms with E-state index in [-0.39, 0.29) is 17.8 Å². The lowest BCUT2D eigenvalue weighted by atomic mass is 9.94. The van der Waals surface area contributed by atoms with Crippen LogP contribution in [0, 0.1) is 5.41 Å². The van der Waals surface area contributed by atoms with Gasteiger partial charge in [0, 0.05) is 25.2 Å². The van der Waals surface area contributed by atoms with E-state index in [1.807, 2.05) is 6.07 Å². The Labute approximate surface area is 138 Å². The molecule has 4 rings (SSSR count). The SMILES string of the molecule is Cl.O=C(N1CCC2CCC(C1)N2)C1(Cc2ccccc2)CC1. The minimum atomic E-state index is -0.0784. The molecule has 4 heteroatoms. The second kappa shape index (κ2) is 6.21. The molecule has 1 saturated carbocycles. The first-order valence-electron chi connectivity index (χ1n) is 8.35. The van der Waals surface area contributed by atoms with Crippen LogP contribution in [0.4, 0.5) is 0 Å². The van der Waals surface area contributed by atoms with Gasteiger partial charge in [0.05, 0.1) is 5.41 Å². The maximum Gasteiger partial charge on any atom is 0.229 e. The van der Waals surface area contributed by atoms with Crippen molar-refractivity contribution in [3.05, 3.63) is 35.9 Å². The summed E-state index contributed by atoms with van der Waals surface area (Å²) in [5.41, 5.74) is 1.23. The molecule has 22 heavy (non-hydrogen) atoms. The Kier molecular flexibility index (Phi) is 4.47. The van der Waals surface area contributed by atoms with Gasteiger partial charge in [0.25, 0.3) is 0 Å². The second-order valence-electron chi connectivity index (χ2n) is 7.12. The molecule has 0 spiro atoms. The van der Waals surface area contributed by atoms with E-state index < -0.39 is 0 Å². The van der Waals surface area contributed by atoms with Gasteiger partial charge in [0.2, 0.25) is 5.91 Å². The van der Waals surface area contributed by atoms with E-state index in [0.29, 0.717) is 18.0 Å². The molecule has 1 amide bonds. The highest BCUT2D eigenvalue weighted by Crippen LogP contribution is 2.50. The summed E-state index contributed by atoms with van der Waals surface area (Å²) in [7, 11) is 0. The Morgan fingerprint density at radius 2 is 1.86 bits per heavy atom. The van der Waals surface area contributed by atoms with Gasteiger partial charge in [0.15, 0.2) is 0 Å². The van der Waals surface area contributed by atoms with Crippen LogP contribution < -0.4 is 5.32 Å². The van der Waals surface area contributed by atoms with Crippen LogP contribution in [-0.2, 0) is 11.2 Å². The second-order valence-corrected chi connectivity index (χ2v) is 7.12. The summed E-state index contributed by atoms with van der Waals surface area (Å²) in [5.74, 6) is 0.417. The van der Waals surface area contributed by atoms with Crippen LogP contribution >= 0.6 is 12.4 Å². The average molecular weight is 321 g/mol. The van der Waals surface area contributed by atoms with Crippen molar-refractivity contribution in [2.24, 2.45) is 5.41 Å². The van der Waals surface area contributed by atoms with Crippen molar-refractivity contribution in [3.8, 4) is 0 Å². The fraction of sp³-hybridized carbons (Fsp3) is 0.611.